The van der Waals surface area contributed by atoms with Crippen molar-refractivity contribution >= 4 is 34.6 Å². The van der Waals surface area contributed by atoms with Gasteiger partial charge in [0.25, 0.3) is 17.3 Å². The van der Waals surface area contributed by atoms with Gasteiger partial charge in [0.15, 0.2) is 5.76 Å². The van der Waals surface area contributed by atoms with Crippen LogP contribution in [0.5, 0.6) is 11.5 Å². The molecule has 3 rings (SSSR count). The molecule has 3 aromatic rings. The number of ether oxygens (including phenoxy) is 2. The summed E-state index contributed by atoms with van der Waals surface area (Å²) in [5.41, 5.74) is -0.266. The Morgan fingerprint density at radius 1 is 1.06 bits per heavy atom. The number of benzene rings is 2. The van der Waals surface area contributed by atoms with E-state index in [9.17, 15) is 25.0 Å². The molecule has 0 atom stereocenters. The molecule has 1 aromatic heterocycles. The van der Waals surface area contributed by atoms with Crippen LogP contribution in [0.4, 0.5) is 17.1 Å². The second kappa shape index (κ2) is 9.13. The zero-order valence-corrected chi connectivity index (χ0v) is 16.6. The maximum absolute atomic E-state index is 12.4. The molecular weight excluding hydrogens is 434 g/mol. The van der Waals surface area contributed by atoms with Crippen LogP contribution in [0.2, 0.25) is 5.02 Å². The molecule has 1 amide bonds. The molecule has 12 heteroatoms. The highest BCUT2D eigenvalue weighted by Crippen LogP contribution is 2.30. The molecule has 1 N–H and O–H groups in total. The first kappa shape index (κ1) is 21.6. The van der Waals surface area contributed by atoms with Crippen LogP contribution in [0.25, 0.3) is 0 Å². The van der Waals surface area contributed by atoms with Crippen LogP contribution in [-0.2, 0) is 6.61 Å². The Morgan fingerprint density at radius 3 is 2.45 bits per heavy atom. The highest BCUT2D eigenvalue weighted by Gasteiger charge is 2.16. The van der Waals surface area contributed by atoms with Crippen molar-refractivity contribution in [1.29, 1.82) is 0 Å². The van der Waals surface area contributed by atoms with E-state index in [1.54, 1.807) is 0 Å². The number of nitro groups is 2. The molecule has 0 bridgehead atoms. The number of amides is 1. The van der Waals surface area contributed by atoms with Gasteiger partial charge < -0.3 is 19.2 Å². The van der Waals surface area contributed by atoms with Crippen molar-refractivity contribution in [1.82, 2.24) is 0 Å². The summed E-state index contributed by atoms with van der Waals surface area (Å²) >= 11 is 5.96. The fourth-order valence-corrected chi connectivity index (χ4v) is 2.75. The number of rotatable bonds is 8. The van der Waals surface area contributed by atoms with E-state index in [1.807, 2.05) is 0 Å². The number of hydrogen-bond acceptors (Lipinski definition) is 8. The molecule has 2 aromatic carbocycles. The molecule has 0 radical (unpaired) electrons. The van der Waals surface area contributed by atoms with E-state index in [4.69, 9.17) is 25.5 Å². The van der Waals surface area contributed by atoms with Crippen LogP contribution < -0.4 is 14.8 Å². The first-order chi connectivity index (χ1) is 14.8. The van der Waals surface area contributed by atoms with E-state index >= 15 is 0 Å². The molecule has 11 nitrogen and oxygen atoms in total. The van der Waals surface area contributed by atoms with Gasteiger partial charge in [-0.2, -0.15) is 0 Å². The molecule has 0 aliphatic heterocycles. The summed E-state index contributed by atoms with van der Waals surface area (Å²) in [6.07, 6.45) is 0. The minimum Gasteiger partial charge on any atom is -0.496 e. The molecule has 31 heavy (non-hydrogen) atoms. The van der Waals surface area contributed by atoms with Crippen molar-refractivity contribution < 1.29 is 28.5 Å². The minimum absolute atomic E-state index is 0.0540. The number of carbonyl (C=O) groups is 1. The standard InChI is InChI=1S/C19H14ClN3O8/c1-29-15-7-11(6-13(8-15)23(27)28)21-19(24)18-5-3-14(31-18)10-30-17-4-2-12(22(25)26)9-16(17)20/h2-9H,10H2,1H3,(H,21,24). The molecule has 0 aliphatic rings. The normalized spacial score (nSPS) is 10.4. The van der Waals surface area contributed by atoms with Crippen molar-refractivity contribution in [3.8, 4) is 11.5 Å². The number of nitro benzene ring substituents is 2. The zero-order chi connectivity index (χ0) is 22.5. The lowest BCUT2D eigenvalue weighted by Gasteiger charge is -2.07. The SMILES string of the molecule is COc1cc(NC(=O)c2ccc(COc3ccc([N+](=O)[O-])cc3Cl)o2)cc([N+](=O)[O-])c1. The number of halogens is 1. The third-order valence-electron chi connectivity index (χ3n) is 3.98. The highest BCUT2D eigenvalue weighted by molar-refractivity contribution is 6.32. The second-order valence-electron chi connectivity index (χ2n) is 6.06. The largest absolute Gasteiger partial charge is 0.496 e. The van der Waals surface area contributed by atoms with E-state index in [0.29, 0.717) is 0 Å². The summed E-state index contributed by atoms with van der Waals surface area (Å²) in [5, 5.41) is 24.3. The average Bonchev–Trinajstić information content (AvgIpc) is 3.21. The Hall–Kier alpha value is -4.12. The van der Waals surface area contributed by atoms with Crippen LogP contribution in [0.1, 0.15) is 16.3 Å². The number of furan rings is 1. The van der Waals surface area contributed by atoms with Gasteiger partial charge >= 0.3 is 0 Å². The molecule has 0 spiro atoms. The van der Waals surface area contributed by atoms with Crippen molar-refractivity contribution in [3.63, 3.8) is 0 Å². The topological polar surface area (TPSA) is 147 Å². The summed E-state index contributed by atoms with van der Waals surface area (Å²) in [5.74, 6) is 0.00796. The fourth-order valence-electron chi connectivity index (χ4n) is 2.52. The predicted molar refractivity (Wildman–Crippen MR) is 109 cm³/mol. The van der Waals surface area contributed by atoms with E-state index in [0.717, 1.165) is 6.07 Å². The molecule has 0 saturated carbocycles. The number of carbonyl (C=O) groups excluding carboxylic acids is 1. The number of hydrogen-bond donors (Lipinski definition) is 1. The van der Waals surface area contributed by atoms with Gasteiger partial charge in [-0.3, -0.25) is 25.0 Å². The summed E-state index contributed by atoms with van der Waals surface area (Å²) in [6, 6.07) is 10.5. The number of methoxy groups -OCH3 is 1. The van der Waals surface area contributed by atoms with Crippen molar-refractivity contribution in [2.45, 2.75) is 6.61 Å². The maximum atomic E-state index is 12.4. The molecule has 0 aliphatic carbocycles. The highest BCUT2D eigenvalue weighted by atomic mass is 35.5. The maximum Gasteiger partial charge on any atom is 0.291 e. The Balaban J connectivity index is 1.67. The van der Waals surface area contributed by atoms with Gasteiger partial charge in [0.05, 0.1) is 33.7 Å². The molecular formula is C19H14ClN3O8. The van der Waals surface area contributed by atoms with E-state index in [1.165, 1.54) is 49.6 Å². The van der Waals surface area contributed by atoms with E-state index < -0.39 is 15.8 Å². The second-order valence-corrected chi connectivity index (χ2v) is 6.46. The third-order valence-corrected chi connectivity index (χ3v) is 4.27. The van der Waals surface area contributed by atoms with Gasteiger partial charge in [-0.05, 0) is 18.2 Å². The van der Waals surface area contributed by atoms with Crippen LogP contribution in [-0.4, -0.2) is 22.9 Å². The van der Waals surface area contributed by atoms with Crippen molar-refractivity contribution in [2.75, 3.05) is 12.4 Å². The monoisotopic (exact) mass is 447 g/mol. The lowest BCUT2D eigenvalue weighted by Crippen LogP contribution is -2.11. The first-order valence-corrected chi connectivity index (χ1v) is 8.95. The van der Waals surface area contributed by atoms with Gasteiger partial charge in [-0.25, -0.2) is 0 Å². The summed E-state index contributed by atoms with van der Waals surface area (Å²) in [4.78, 5) is 33.0. The Bertz CT molecular complexity index is 1160. The first-order valence-electron chi connectivity index (χ1n) is 8.57. The molecule has 0 unspecified atom stereocenters. The zero-order valence-electron chi connectivity index (χ0n) is 15.9. The average molecular weight is 448 g/mol. The quantitative estimate of drug-likeness (QED) is 0.389. The van der Waals surface area contributed by atoms with E-state index in [2.05, 4.69) is 5.32 Å². The van der Waals surface area contributed by atoms with Gasteiger partial charge in [-0.1, -0.05) is 11.6 Å². The van der Waals surface area contributed by atoms with E-state index in [-0.39, 0.29) is 51.7 Å². The predicted octanol–water partition coefficient (Wildman–Crippen LogP) is 4.59. The van der Waals surface area contributed by atoms with Crippen molar-refractivity contribution in [2.24, 2.45) is 0 Å². The van der Waals surface area contributed by atoms with Crippen LogP contribution >= 0.6 is 11.6 Å². The van der Waals surface area contributed by atoms with Crippen molar-refractivity contribution in [3.05, 3.63) is 85.3 Å². The lowest BCUT2D eigenvalue weighted by atomic mass is 10.2. The number of nitrogens with one attached hydrogen (secondary N) is 1. The number of nitrogens with zero attached hydrogens (tertiary/aromatic N) is 2. The fraction of sp³-hybridized carbons (Fsp3) is 0.105. The van der Waals surface area contributed by atoms with Crippen LogP contribution in [0.15, 0.2) is 52.9 Å². The molecule has 0 fully saturated rings. The van der Waals surface area contributed by atoms with Crippen LogP contribution in [0.3, 0.4) is 0 Å². The Labute approximate surface area is 179 Å². The van der Waals surface area contributed by atoms with Gasteiger partial charge in [0, 0.05) is 24.3 Å². The van der Waals surface area contributed by atoms with Gasteiger partial charge in [-0.15, -0.1) is 0 Å². The molecule has 0 saturated heterocycles. The summed E-state index contributed by atoms with van der Waals surface area (Å²) in [6.45, 7) is -0.0879. The minimum atomic E-state index is -0.637. The van der Waals surface area contributed by atoms with Gasteiger partial charge in [0.1, 0.15) is 23.9 Å². The molecule has 1 heterocycles. The Morgan fingerprint density at radius 2 is 1.81 bits per heavy atom. The smallest absolute Gasteiger partial charge is 0.291 e. The number of anilines is 1. The third kappa shape index (κ3) is 5.28. The lowest BCUT2D eigenvalue weighted by molar-refractivity contribution is -0.385. The summed E-state index contributed by atoms with van der Waals surface area (Å²) in [7, 11) is 1.35. The Kier molecular flexibility index (Phi) is 6.36. The number of non-ortho nitro benzene ring substituents is 2. The molecule has 160 valence electrons. The van der Waals surface area contributed by atoms with Crippen LogP contribution in [0, 0.1) is 20.2 Å². The summed E-state index contributed by atoms with van der Waals surface area (Å²) < 4.78 is 15.9. The van der Waals surface area contributed by atoms with Gasteiger partial charge in [0.2, 0.25) is 0 Å².